The van der Waals surface area contributed by atoms with Crippen LogP contribution in [0.3, 0.4) is 0 Å². The normalized spacial score (nSPS) is 11.0. The molecule has 7 heteroatoms. The van der Waals surface area contributed by atoms with Crippen molar-refractivity contribution in [3.05, 3.63) is 0 Å². The van der Waals surface area contributed by atoms with E-state index < -0.39 is 4.69 Å². The third-order valence-electron chi connectivity index (χ3n) is 2.05. The van der Waals surface area contributed by atoms with Crippen LogP contribution in [0.25, 0.3) is 0 Å². The fourth-order valence-corrected chi connectivity index (χ4v) is 2.54. The molecule has 0 unspecified atom stereocenters. The van der Waals surface area contributed by atoms with Gasteiger partial charge in [0.2, 0.25) is 0 Å². The van der Waals surface area contributed by atoms with Crippen molar-refractivity contribution in [1.29, 1.82) is 0 Å². The fraction of sp³-hybridized carbons (Fsp3) is 0.750. The summed E-state index contributed by atoms with van der Waals surface area (Å²) in [5.74, 6) is -0.678. The first kappa shape index (κ1) is 24.4. The van der Waals surface area contributed by atoms with E-state index in [0.29, 0.717) is 0 Å². The Kier molecular flexibility index (Phi) is 12.3. The number of rotatable bonds is 9. The quantitative estimate of drug-likeness (QED) is 0.334. The van der Waals surface area contributed by atoms with Gasteiger partial charge in [-0.1, -0.05) is 0 Å². The smallest absolute Gasteiger partial charge is 0.137 e. The maximum absolute atomic E-state index is 11.9. The van der Waals surface area contributed by atoms with Crippen molar-refractivity contribution in [2.24, 2.45) is 0 Å². The van der Waals surface area contributed by atoms with Gasteiger partial charge in [-0.15, -0.1) is 0 Å². The number of Topliss-reactive ketones (excluding diaryl/α,β-unsaturated/α-hetero) is 4. The Morgan fingerprint density at radius 1 is 0.783 bits per heavy atom. The zero-order chi connectivity index (χ0) is 18.8. The van der Waals surface area contributed by atoms with Gasteiger partial charge < -0.3 is 0 Å². The van der Waals surface area contributed by atoms with E-state index in [1.54, 1.807) is 0 Å². The molecular formula is C16H28O6Se. The van der Waals surface area contributed by atoms with E-state index in [1.807, 2.05) is 27.7 Å². The molecule has 0 aromatic heterocycles. The molecular weight excluding hydrogens is 367 g/mol. The Morgan fingerprint density at radius 2 is 1.09 bits per heavy atom. The van der Waals surface area contributed by atoms with Gasteiger partial charge in [-0.25, -0.2) is 0 Å². The van der Waals surface area contributed by atoms with E-state index in [1.165, 1.54) is 20.8 Å². The van der Waals surface area contributed by atoms with Crippen LogP contribution in [-0.2, 0) is 28.7 Å². The summed E-state index contributed by atoms with van der Waals surface area (Å²) in [6, 6.07) is 0. The molecule has 0 aliphatic heterocycles. The SMILES string of the molecule is CC(=O)CC(=O)C([SeH])(OC(C)C)OC(C)C.CC(=O)CC(C)=O. The van der Waals surface area contributed by atoms with E-state index in [2.05, 4.69) is 16.0 Å². The summed E-state index contributed by atoms with van der Waals surface area (Å²) in [4.78, 5) is 42.9. The first-order valence-corrected chi connectivity index (χ1v) is 8.33. The van der Waals surface area contributed by atoms with E-state index in [0.717, 1.165) is 0 Å². The Labute approximate surface area is 146 Å². The van der Waals surface area contributed by atoms with Gasteiger partial charge in [0.25, 0.3) is 0 Å². The molecule has 0 aliphatic rings. The van der Waals surface area contributed by atoms with Gasteiger partial charge in [0.1, 0.15) is 11.6 Å². The summed E-state index contributed by atoms with van der Waals surface area (Å²) in [5, 5.41) is 0. The van der Waals surface area contributed by atoms with Crippen LogP contribution >= 0.6 is 0 Å². The maximum Gasteiger partial charge on any atom is 0.137 e. The summed E-state index contributed by atoms with van der Waals surface area (Å²) in [5.41, 5.74) is 0. The number of carbonyl (C=O) groups is 4. The standard InChI is InChI=1S/C11H20O4Se.C5H8O2/c1-7(2)14-11(16,15-8(3)4)10(13)6-9(5)12;1-4(6)3-5(2)7/h7-8,16H,6H2,1-5H3;3H2,1-2H3. The first-order chi connectivity index (χ1) is 10.3. The summed E-state index contributed by atoms with van der Waals surface area (Å²) in [6.07, 6.45) is -0.399. The molecule has 0 rings (SSSR count). The molecule has 0 bridgehead atoms. The van der Waals surface area contributed by atoms with E-state index in [9.17, 15) is 19.2 Å². The Hall–Kier alpha value is -0.881. The molecule has 134 valence electrons. The van der Waals surface area contributed by atoms with Crippen LogP contribution in [0.1, 0.15) is 61.3 Å². The third kappa shape index (κ3) is 14.4. The molecule has 0 aromatic carbocycles. The molecule has 0 amide bonds. The van der Waals surface area contributed by atoms with E-state index in [4.69, 9.17) is 9.47 Å². The second kappa shape index (κ2) is 11.6. The van der Waals surface area contributed by atoms with Crippen molar-refractivity contribution in [2.45, 2.75) is 78.2 Å². The van der Waals surface area contributed by atoms with Crippen LogP contribution in [0.5, 0.6) is 0 Å². The van der Waals surface area contributed by atoms with Gasteiger partial charge in [-0.2, -0.15) is 0 Å². The molecule has 0 aliphatic carbocycles. The van der Waals surface area contributed by atoms with Crippen LogP contribution in [0, 0.1) is 0 Å². The fourth-order valence-electron chi connectivity index (χ4n) is 1.49. The average Bonchev–Trinajstić information content (AvgIpc) is 2.23. The number of hydrogen-bond acceptors (Lipinski definition) is 6. The van der Waals surface area contributed by atoms with Crippen LogP contribution < -0.4 is 0 Å². The zero-order valence-corrected chi connectivity index (χ0v) is 16.8. The predicted molar refractivity (Wildman–Crippen MR) is 88.6 cm³/mol. The van der Waals surface area contributed by atoms with E-state index in [-0.39, 0.29) is 48.2 Å². The molecule has 0 atom stereocenters. The van der Waals surface area contributed by atoms with Crippen LogP contribution in [0.4, 0.5) is 0 Å². The molecule has 23 heavy (non-hydrogen) atoms. The second-order valence-electron chi connectivity index (χ2n) is 5.80. The molecule has 0 saturated carbocycles. The minimum Gasteiger partial charge on any atom is -0.300 e. The predicted octanol–water partition coefficient (Wildman–Crippen LogP) is 1.49. The Bertz CT molecular complexity index is 406. The van der Waals surface area contributed by atoms with Crippen molar-refractivity contribution < 1.29 is 28.7 Å². The van der Waals surface area contributed by atoms with Gasteiger partial charge in [0, 0.05) is 0 Å². The molecule has 0 radical (unpaired) electrons. The van der Waals surface area contributed by atoms with Gasteiger partial charge in [0.05, 0.1) is 6.42 Å². The largest absolute Gasteiger partial charge is 0.300 e. The van der Waals surface area contributed by atoms with Crippen molar-refractivity contribution in [2.75, 3.05) is 0 Å². The summed E-state index contributed by atoms with van der Waals surface area (Å²) in [6.45, 7) is 11.4. The molecule has 0 saturated heterocycles. The minimum absolute atomic E-state index is 0.0625. The average molecular weight is 395 g/mol. The van der Waals surface area contributed by atoms with Gasteiger partial charge in [-0.3, -0.25) is 9.59 Å². The molecule has 0 heterocycles. The van der Waals surface area contributed by atoms with Crippen LogP contribution in [0.15, 0.2) is 0 Å². The molecule has 0 spiro atoms. The zero-order valence-electron chi connectivity index (χ0n) is 15.0. The molecule has 0 N–H and O–H groups in total. The molecule has 0 aromatic rings. The second-order valence-corrected chi connectivity index (χ2v) is 7.03. The Morgan fingerprint density at radius 3 is 1.26 bits per heavy atom. The summed E-state index contributed by atoms with van der Waals surface area (Å²) < 4.78 is 9.53. The van der Waals surface area contributed by atoms with E-state index >= 15 is 0 Å². The first-order valence-electron chi connectivity index (χ1n) is 7.39. The Balaban J connectivity index is 0. The monoisotopic (exact) mass is 396 g/mol. The summed E-state index contributed by atoms with van der Waals surface area (Å²) >= 11 is 2.09. The maximum atomic E-state index is 11.9. The number of ether oxygens (including phenoxy) is 2. The summed E-state index contributed by atoms with van der Waals surface area (Å²) in [7, 11) is 0. The van der Waals surface area contributed by atoms with Crippen molar-refractivity contribution in [3.8, 4) is 0 Å². The number of hydrogen-bond donors (Lipinski definition) is 0. The molecule has 6 nitrogen and oxygen atoms in total. The van der Waals surface area contributed by atoms with Crippen LogP contribution in [0.2, 0.25) is 0 Å². The number of carbonyl (C=O) groups excluding carboxylic acids is 4. The van der Waals surface area contributed by atoms with Gasteiger partial charge in [-0.05, 0) is 13.8 Å². The van der Waals surface area contributed by atoms with Gasteiger partial charge in [0.15, 0.2) is 0 Å². The number of ketones is 4. The van der Waals surface area contributed by atoms with Crippen molar-refractivity contribution >= 4 is 39.1 Å². The van der Waals surface area contributed by atoms with Gasteiger partial charge >= 0.3 is 105 Å². The van der Waals surface area contributed by atoms with Crippen molar-refractivity contribution in [3.63, 3.8) is 0 Å². The van der Waals surface area contributed by atoms with Crippen LogP contribution in [-0.4, -0.2) is 56.0 Å². The van der Waals surface area contributed by atoms with Crippen molar-refractivity contribution in [1.82, 2.24) is 0 Å². The topological polar surface area (TPSA) is 86.7 Å². The third-order valence-corrected chi connectivity index (χ3v) is 3.02. The molecule has 0 fully saturated rings. The minimum atomic E-state index is -1.39.